The molecule has 20 heavy (non-hydrogen) atoms. The first kappa shape index (κ1) is 42.7. The molecule has 132 valence electrons. The summed E-state index contributed by atoms with van der Waals surface area (Å²) < 4.78 is 35.0. The first-order valence-electron chi connectivity index (χ1n) is 3.11. The summed E-state index contributed by atoms with van der Waals surface area (Å²) in [4.78, 5) is 57.3. The van der Waals surface area contributed by atoms with Gasteiger partial charge in [0.1, 0.15) is 0 Å². The molecule has 0 spiro atoms. The molecule has 0 amide bonds. The zero-order chi connectivity index (χ0) is 16.3. The predicted molar refractivity (Wildman–Crippen MR) is 75.1 cm³/mol. The minimum Gasteiger partial charge on any atom is -0.344 e. The Morgan fingerprint density at radius 3 is 0.450 bits per heavy atom. The highest BCUT2D eigenvalue weighted by molar-refractivity contribution is 7.31. The summed E-state index contributed by atoms with van der Waals surface area (Å²) in [7, 11) is -12.5. The van der Waals surface area contributed by atoms with Crippen LogP contribution in [0.5, 0.6) is 0 Å². The van der Waals surface area contributed by atoms with Crippen LogP contribution < -0.4 is 12.3 Å². The maximum atomic E-state index is 8.74. The molecular formula is C2H22N2O12P4. The van der Waals surface area contributed by atoms with Crippen molar-refractivity contribution >= 4 is 33.0 Å². The molecule has 0 aliphatic rings. The lowest BCUT2D eigenvalue weighted by Gasteiger charge is -1.61. The topological polar surface area (TPSA) is 300 Å². The van der Waals surface area contributed by atoms with Crippen LogP contribution in [0.25, 0.3) is 0 Å². The van der Waals surface area contributed by atoms with Crippen molar-refractivity contribution in [1.29, 1.82) is 0 Å². The second-order valence-corrected chi connectivity index (χ2v) is 3.39. The molecule has 0 aromatic rings. The SMILES string of the molecule is C=C.N.N.O=[PH](O)O.O=[PH](O)O.O=[PH](O)O.O=[PH](O)O. The van der Waals surface area contributed by atoms with E-state index in [1.807, 2.05) is 0 Å². The van der Waals surface area contributed by atoms with Crippen molar-refractivity contribution in [3.8, 4) is 0 Å². The molecular weight excluding hydrogens is 368 g/mol. The number of rotatable bonds is 0. The van der Waals surface area contributed by atoms with Crippen LogP contribution in [0.3, 0.4) is 0 Å². The van der Waals surface area contributed by atoms with E-state index in [0.29, 0.717) is 0 Å². The zero-order valence-electron chi connectivity index (χ0n) is 10.0. The van der Waals surface area contributed by atoms with Crippen LogP contribution in [-0.4, -0.2) is 39.1 Å². The third kappa shape index (κ3) is 80500. The molecule has 0 unspecified atom stereocenters. The van der Waals surface area contributed by atoms with Crippen LogP contribution in [-0.2, 0) is 18.3 Å². The lowest BCUT2D eigenvalue weighted by atomic mass is 11.3. The summed E-state index contributed by atoms with van der Waals surface area (Å²) in [6, 6.07) is 0. The molecule has 0 radical (unpaired) electrons. The van der Waals surface area contributed by atoms with Crippen molar-refractivity contribution in [2.45, 2.75) is 0 Å². The van der Waals surface area contributed by atoms with Gasteiger partial charge in [-0.3, -0.25) is 18.3 Å². The summed E-state index contributed by atoms with van der Waals surface area (Å²) >= 11 is 0. The van der Waals surface area contributed by atoms with Gasteiger partial charge in [-0.1, -0.05) is 0 Å². The van der Waals surface area contributed by atoms with Crippen LogP contribution >= 0.6 is 33.0 Å². The maximum absolute atomic E-state index is 8.74. The third-order valence-electron chi connectivity index (χ3n) is 0. The van der Waals surface area contributed by atoms with E-state index in [1.54, 1.807) is 0 Å². The molecule has 0 saturated heterocycles. The molecule has 14 N–H and O–H groups in total. The Hall–Kier alpha value is 0.260. The molecule has 0 atom stereocenters. The molecule has 0 aliphatic carbocycles. The third-order valence-corrected chi connectivity index (χ3v) is 0. The summed E-state index contributed by atoms with van der Waals surface area (Å²) in [6.45, 7) is 6.00. The Kier molecular flexibility index (Phi) is 91.3. The van der Waals surface area contributed by atoms with Crippen molar-refractivity contribution < 1.29 is 57.4 Å². The van der Waals surface area contributed by atoms with E-state index >= 15 is 0 Å². The summed E-state index contributed by atoms with van der Waals surface area (Å²) in [5.41, 5.74) is 0. The van der Waals surface area contributed by atoms with Crippen molar-refractivity contribution in [3.63, 3.8) is 0 Å². The van der Waals surface area contributed by atoms with E-state index < -0.39 is 33.0 Å². The van der Waals surface area contributed by atoms with Crippen LogP contribution in [0.15, 0.2) is 13.2 Å². The van der Waals surface area contributed by atoms with Crippen molar-refractivity contribution in [3.05, 3.63) is 13.2 Å². The highest BCUT2D eigenvalue weighted by Gasteiger charge is 1.62. The Labute approximate surface area is 117 Å². The highest BCUT2D eigenvalue weighted by atomic mass is 31.1. The Bertz CT molecular complexity index is 184. The van der Waals surface area contributed by atoms with Gasteiger partial charge in [0.15, 0.2) is 0 Å². The largest absolute Gasteiger partial charge is 0.344 e. The summed E-state index contributed by atoms with van der Waals surface area (Å²) in [5, 5.41) is 0. The first-order valence-corrected chi connectivity index (χ1v) is 8.32. The summed E-state index contributed by atoms with van der Waals surface area (Å²) in [6.07, 6.45) is 0. The number of hydrogen-bond acceptors (Lipinski definition) is 6. The average Bonchev–Trinajstić information content (AvgIpc) is 2.01. The van der Waals surface area contributed by atoms with Crippen LogP contribution in [0.1, 0.15) is 0 Å². The number of hydrogen-bond donors (Lipinski definition) is 10. The van der Waals surface area contributed by atoms with Crippen molar-refractivity contribution in [1.82, 2.24) is 12.3 Å². The fourth-order valence-corrected chi connectivity index (χ4v) is 0. The minimum atomic E-state index is -3.13. The normalized spacial score (nSPS) is 7.20. The van der Waals surface area contributed by atoms with Gasteiger partial charge in [-0.15, -0.1) is 13.2 Å². The molecule has 18 heteroatoms. The second kappa shape index (κ2) is 42.7. The highest BCUT2D eigenvalue weighted by Crippen LogP contribution is 1.99. The van der Waals surface area contributed by atoms with Gasteiger partial charge in [-0.25, -0.2) is 0 Å². The van der Waals surface area contributed by atoms with E-state index in [0.717, 1.165) is 0 Å². The van der Waals surface area contributed by atoms with Gasteiger partial charge in [0.25, 0.3) is 0 Å². The van der Waals surface area contributed by atoms with Gasteiger partial charge in [0.05, 0.1) is 0 Å². The zero-order valence-corrected chi connectivity index (χ0v) is 14.0. The van der Waals surface area contributed by atoms with Gasteiger partial charge in [-0.05, 0) is 0 Å². The molecule has 0 aromatic heterocycles. The van der Waals surface area contributed by atoms with Crippen molar-refractivity contribution in [2.24, 2.45) is 0 Å². The predicted octanol–water partition coefficient (Wildman–Crippen LogP) is -1.43. The van der Waals surface area contributed by atoms with E-state index in [-0.39, 0.29) is 12.3 Å². The van der Waals surface area contributed by atoms with Gasteiger partial charge in [0, 0.05) is 0 Å². The molecule has 0 bridgehead atoms. The van der Waals surface area contributed by atoms with Gasteiger partial charge < -0.3 is 51.4 Å². The lowest BCUT2D eigenvalue weighted by Crippen LogP contribution is -1.38. The van der Waals surface area contributed by atoms with Gasteiger partial charge in [-0.2, -0.15) is 0 Å². The Morgan fingerprint density at radius 1 is 0.450 bits per heavy atom. The van der Waals surface area contributed by atoms with E-state index in [9.17, 15) is 0 Å². The quantitative estimate of drug-likeness (QED) is 0.167. The first-order chi connectivity index (χ1) is 7.93. The monoisotopic (exact) mass is 390 g/mol. The van der Waals surface area contributed by atoms with Gasteiger partial charge >= 0.3 is 33.0 Å². The average molecular weight is 390 g/mol. The van der Waals surface area contributed by atoms with Crippen molar-refractivity contribution in [2.75, 3.05) is 0 Å². The molecule has 0 saturated carbocycles. The van der Waals surface area contributed by atoms with Crippen LogP contribution in [0.4, 0.5) is 0 Å². The minimum absolute atomic E-state index is 0. The second-order valence-electron chi connectivity index (χ2n) is 1.13. The molecule has 14 nitrogen and oxygen atoms in total. The smallest absolute Gasteiger partial charge is 0.314 e. The molecule has 0 heterocycles. The lowest BCUT2D eigenvalue weighted by molar-refractivity contribution is 0.403. The fraction of sp³-hybridized carbons (Fsp3) is 0. The molecule has 0 rings (SSSR count). The standard InChI is InChI=1S/C2H4.2H3N.4H3O3P/c1-2;;;4*1-4(2)3/h1-2H2;2*1H3;4*4H,(H2,1,2,3). The Balaban J connectivity index is -0.0000000209. The van der Waals surface area contributed by atoms with Crippen LogP contribution in [0.2, 0.25) is 0 Å². The molecule has 0 aromatic carbocycles. The van der Waals surface area contributed by atoms with E-state index in [4.69, 9.17) is 57.4 Å². The van der Waals surface area contributed by atoms with E-state index in [2.05, 4.69) is 13.2 Å². The Morgan fingerprint density at radius 2 is 0.450 bits per heavy atom. The summed E-state index contributed by atoms with van der Waals surface area (Å²) in [5.74, 6) is 0. The molecule has 0 fully saturated rings. The van der Waals surface area contributed by atoms with Gasteiger partial charge in [0.2, 0.25) is 0 Å². The van der Waals surface area contributed by atoms with Crippen LogP contribution in [0, 0.1) is 0 Å². The van der Waals surface area contributed by atoms with E-state index in [1.165, 1.54) is 0 Å². The fourth-order valence-electron chi connectivity index (χ4n) is 0. The molecule has 0 aliphatic heterocycles. The maximum Gasteiger partial charge on any atom is 0.314 e.